The van der Waals surface area contributed by atoms with Gasteiger partial charge < -0.3 is 25.3 Å². The van der Waals surface area contributed by atoms with Gasteiger partial charge in [0.15, 0.2) is 11.5 Å². The predicted octanol–water partition coefficient (Wildman–Crippen LogP) is -1.45. The van der Waals surface area contributed by atoms with Crippen molar-refractivity contribution < 1.29 is 19.5 Å². The van der Waals surface area contributed by atoms with Crippen LogP contribution in [0, 0.1) is 0 Å². The zero-order valence-electron chi connectivity index (χ0n) is 7.43. The quantitative estimate of drug-likeness (QED) is 0.503. The smallest absolute Gasteiger partial charge is 0.454 e. The van der Waals surface area contributed by atoms with Crippen molar-refractivity contribution in [1.29, 1.82) is 0 Å². The maximum absolute atomic E-state index is 9.09. The van der Waals surface area contributed by atoms with Gasteiger partial charge in [0, 0.05) is 12.0 Å². The first kappa shape index (κ1) is 9.33. The molecule has 0 aromatic heterocycles. The minimum absolute atomic E-state index is 0.100. The third-order valence-electron chi connectivity index (χ3n) is 2.07. The summed E-state index contributed by atoms with van der Waals surface area (Å²) in [4.78, 5) is 0. The highest BCUT2D eigenvalue weighted by atomic mass is 16.7. The van der Waals surface area contributed by atoms with Gasteiger partial charge in [-0.25, -0.2) is 0 Å². The Hall–Kier alpha value is -1.24. The van der Waals surface area contributed by atoms with E-state index in [1.165, 1.54) is 0 Å². The Morgan fingerprint density at radius 3 is 2.79 bits per heavy atom. The summed E-state index contributed by atoms with van der Waals surface area (Å²) in [6.45, 7) is 0.416. The average Bonchev–Trinajstić information content (AvgIpc) is 2.63. The molecule has 5 nitrogen and oxygen atoms in total. The highest BCUT2D eigenvalue weighted by molar-refractivity contribution is 6.60. The molecule has 0 fully saturated rings. The van der Waals surface area contributed by atoms with Crippen molar-refractivity contribution in [1.82, 2.24) is 0 Å². The number of hydrogen-bond acceptors (Lipinski definition) is 5. The van der Waals surface area contributed by atoms with E-state index in [0.29, 0.717) is 23.5 Å². The largest absolute Gasteiger partial charge is 0.492 e. The lowest BCUT2D eigenvalue weighted by Crippen LogP contribution is -2.31. The molecule has 0 saturated heterocycles. The molecular weight excluding hydrogens is 185 g/mol. The molecule has 4 N–H and O–H groups in total. The Bertz CT molecular complexity index is 355. The monoisotopic (exact) mass is 195 g/mol. The molecule has 2 rings (SSSR count). The van der Waals surface area contributed by atoms with Crippen molar-refractivity contribution in [2.45, 2.75) is 6.54 Å². The van der Waals surface area contributed by atoms with Crippen molar-refractivity contribution >= 4 is 12.6 Å². The minimum atomic E-state index is -1.57. The average molecular weight is 195 g/mol. The molecule has 1 aromatic rings. The van der Waals surface area contributed by atoms with Gasteiger partial charge >= 0.3 is 7.12 Å². The van der Waals surface area contributed by atoms with E-state index in [2.05, 4.69) is 0 Å². The van der Waals surface area contributed by atoms with Crippen molar-refractivity contribution in [3.63, 3.8) is 0 Å². The van der Waals surface area contributed by atoms with E-state index in [1.54, 1.807) is 12.1 Å². The third kappa shape index (κ3) is 1.43. The van der Waals surface area contributed by atoms with Crippen LogP contribution in [0.1, 0.15) is 5.56 Å². The molecule has 1 aromatic carbocycles. The van der Waals surface area contributed by atoms with E-state index < -0.39 is 7.12 Å². The van der Waals surface area contributed by atoms with Gasteiger partial charge in [0.1, 0.15) is 0 Å². The van der Waals surface area contributed by atoms with Crippen molar-refractivity contribution in [2.24, 2.45) is 5.73 Å². The van der Waals surface area contributed by atoms with Gasteiger partial charge in [-0.2, -0.15) is 0 Å². The molecule has 1 aliphatic heterocycles. The second-order valence-electron chi connectivity index (χ2n) is 3.00. The van der Waals surface area contributed by atoms with E-state index in [4.69, 9.17) is 25.3 Å². The molecule has 1 heterocycles. The number of benzene rings is 1. The molecule has 0 atom stereocenters. The molecule has 6 heteroatoms. The zero-order valence-corrected chi connectivity index (χ0v) is 7.43. The number of nitrogens with two attached hydrogens (primary N) is 1. The summed E-state index contributed by atoms with van der Waals surface area (Å²) >= 11 is 0. The lowest BCUT2D eigenvalue weighted by Gasteiger charge is -2.06. The van der Waals surface area contributed by atoms with Gasteiger partial charge in [0.2, 0.25) is 6.79 Å². The summed E-state index contributed by atoms with van der Waals surface area (Å²) in [7, 11) is -1.57. The van der Waals surface area contributed by atoms with Gasteiger partial charge in [-0.05, 0) is 11.6 Å². The normalized spacial score (nSPS) is 13.1. The number of fused-ring (bicyclic) bond motifs is 1. The number of hydrogen-bond donors (Lipinski definition) is 3. The first-order chi connectivity index (χ1) is 6.72. The molecule has 0 saturated carbocycles. The summed E-state index contributed by atoms with van der Waals surface area (Å²) in [6, 6.07) is 3.33. The van der Waals surface area contributed by atoms with E-state index >= 15 is 0 Å². The van der Waals surface area contributed by atoms with Crippen LogP contribution in [0.25, 0.3) is 0 Å². The van der Waals surface area contributed by atoms with E-state index in [9.17, 15) is 0 Å². The fourth-order valence-corrected chi connectivity index (χ4v) is 1.41. The molecule has 74 valence electrons. The Balaban J connectivity index is 2.52. The summed E-state index contributed by atoms with van der Waals surface area (Å²) < 4.78 is 10.2. The van der Waals surface area contributed by atoms with Gasteiger partial charge in [0.05, 0.1) is 0 Å². The summed E-state index contributed by atoms with van der Waals surface area (Å²) in [5.74, 6) is 0.897. The van der Waals surface area contributed by atoms with Crippen LogP contribution in [-0.4, -0.2) is 24.0 Å². The second-order valence-corrected chi connectivity index (χ2v) is 3.00. The van der Waals surface area contributed by atoms with Crippen LogP contribution in [0.2, 0.25) is 0 Å². The van der Waals surface area contributed by atoms with Crippen LogP contribution in [-0.2, 0) is 6.54 Å². The molecule has 0 unspecified atom stereocenters. The summed E-state index contributed by atoms with van der Waals surface area (Å²) in [5.41, 5.74) is 6.52. The maximum atomic E-state index is 9.09. The molecular formula is C8H10BNO4. The fraction of sp³-hybridized carbons (Fsp3) is 0.250. The third-order valence-corrected chi connectivity index (χ3v) is 2.07. The van der Waals surface area contributed by atoms with Crippen LogP contribution in [0.15, 0.2) is 12.1 Å². The van der Waals surface area contributed by atoms with Crippen LogP contribution in [0.3, 0.4) is 0 Å². The van der Waals surface area contributed by atoms with E-state index in [0.717, 1.165) is 5.56 Å². The van der Waals surface area contributed by atoms with Gasteiger partial charge in [0.25, 0.3) is 0 Å². The van der Waals surface area contributed by atoms with Gasteiger partial charge in [-0.3, -0.25) is 0 Å². The van der Waals surface area contributed by atoms with Crippen molar-refractivity contribution in [3.8, 4) is 11.5 Å². The van der Waals surface area contributed by atoms with Crippen LogP contribution < -0.4 is 20.7 Å². The molecule has 0 amide bonds. The Morgan fingerprint density at radius 2 is 2.14 bits per heavy atom. The van der Waals surface area contributed by atoms with Crippen LogP contribution in [0.5, 0.6) is 11.5 Å². The minimum Gasteiger partial charge on any atom is -0.454 e. The second kappa shape index (κ2) is 3.49. The molecule has 0 aliphatic carbocycles. The first-order valence-electron chi connectivity index (χ1n) is 4.21. The maximum Gasteiger partial charge on any atom is 0.492 e. The zero-order chi connectivity index (χ0) is 10.1. The first-order valence-corrected chi connectivity index (χ1v) is 4.21. The molecule has 0 bridgehead atoms. The summed E-state index contributed by atoms with van der Waals surface area (Å²) in [6.07, 6.45) is 0. The highest BCUT2D eigenvalue weighted by Crippen LogP contribution is 2.31. The summed E-state index contributed by atoms with van der Waals surface area (Å²) in [5, 5.41) is 18.2. The van der Waals surface area contributed by atoms with E-state index in [1.807, 2.05) is 0 Å². The van der Waals surface area contributed by atoms with Gasteiger partial charge in [-0.1, -0.05) is 6.07 Å². The van der Waals surface area contributed by atoms with Crippen molar-refractivity contribution in [2.75, 3.05) is 6.79 Å². The lowest BCUT2D eigenvalue weighted by atomic mass is 9.78. The Kier molecular flexibility index (Phi) is 2.32. The molecule has 1 aliphatic rings. The number of ether oxygens (including phenoxy) is 2. The standard InChI is InChI=1S/C8H10BNO4/c10-3-5-1-6(9(11)12)8-7(2-5)13-4-14-8/h1-2,11-12H,3-4,10H2. The highest BCUT2D eigenvalue weighted by Gasteiger charge is 2.25. The Labute approximate surface area is 81.2 Å². The SMILES string of the molecule is NCc1cc2c(c(B(O)O)c1)OCO2. The molecule has 0 radical (unpaired) electrons. The predicted molar refractivity (Wildman–Crippen MR) is 50.3 cm³/mol. The topological polar surface area (TPSA) is 84.9 Å². The van der Waals surface area contributed by atoms with E-state index in [-0.39, 0.29) is 6.79 Å². The van der Waals surface area contributed by atoms with Crippen LogP contribution in [0.4, 0.5) is 0 Å². The number of rotatable bonds is 2. The lowest BCUT2D eigenvalue weighted by molar-refractivity contribution is 0.174. The fourth-order valence-electron chi connectivity index (χ4n) is 1.41. The van der Waals surface area contributed by atoms with Gasteiger partial charge in [-0.15, -0.1) is 0 Å². The van der Waals surface area contributed by atoms with Crippen molar-refractivity contribution in [3.05, 3.63) is 17.7 Å². The molecule has 14 heavy (non-hydrogen) atoms. The Morgan fingerprint density at radius 1 is 1.36 bits per heavy atom. The van der Waals surface area contributed by atoms with Crippen LogP contribution >= 0.6 is 0 Å². The molecule has 0 spiro atoms.